The van der Waals surface area contributed by atoms with Crippen LogP contribution in [0, 0.1) is 0 Å². The molecule has 0 saturated carbocycles. The Morgan fingerprint density at radius 2 is 1.79 bits per heavy atom. The summed E-state index contributed by atoms with van der Waals surface area (Å²) in [5.74, 6) is -0.564. The highest BCUT2D eigenvalue weighted by Gasteiger charge is 2.33. The van der Waals surface area contributed by atoms with Gasteiger partial charge in [0.25, 0.3) is 5.91 Å². The number of carbonyl (C=O) groups excluding carboxylic acids is 2. The standard InChI is InChI=1S/C20H21NO3/c1-12(22)24-18-13-8-5-6-9-14(13)19(23)21-16-11-7-10-15(17(16)18)20(2,3)4/h5-11,18H,1-4H3,(H,21,23). The molecule has 0 saturated heterocycles. The lowest BCUT2D eigenvalue weighted by molar-refractivity contribution is -0.144. The van der Waals surface area contributed by atoms with E-state index in [1.54, 1.807) is 6.07 Å². The third kappa shape index (κ3) is 2.80. The van der Waals surface area contributed by atoms with E-state index in [0.717, 1.165) is 11.1 Å². The van der Waals surface area contributed by atoms with Crippen molar-refractivity contribution in [2.45, 2.75) is 39.2 Å². The second kappa shape index (κ2) is 5.78. The van der Waals surface area contributed by atoms with Crippen LogP contribution in [0.25, 0.3) is 0 Å². The molecule has 1 amide bonds. The maximum Gasteiger partial charge on any atom is 0.303 e. The normalized spacial score (nSPS) is 16.5. The first kappa shape index (κ1) is 16.2. The lowest BCUT2D eigenvalue weighted by atomic mass is 9.80. The van der Waals surface area contributed by atoms with Gasteiger partial charge in [-0.05, 0) is 23.1 Å². The molecule has 2 aromatic carbocycles. The Morgan fingerprint density at radius 3 is 2.46 bits per heavy atom. The van der Waals surface area contributed by atoms with E-state index in [9.17, 15) is 9.59 Å². The average Bonchev–Trinajstić information content (AvgIpc) is 2.62. The summed E-state index contributed by atoms with van der Waals surface area (Å²) in [6.07, 6.45) is -0.608. The molecule has 0 aromatic heterocycles. The molecule has 0 bridgehead atoms. The van der Waals surface area contributed by atoms with Gasteiger partial charge in [0.2, 0.25) is 0 Å². The molecule has 3 rings (SSSR count). The molecule has 2 aromatic rings. The monoisotopic (exact) mass is 323 g/mol. The van der Waals surface area contributed by atoms with E-state index in [4.69, 9.17) is 4.74 Å². The van der Waals surface area contributed by atoms with Gasteiger partial charge in [0.1, 0.15) is 0 Å². The van der Waals surface area contributed by atoms with Crippen molar-refractivity contribution < 1.29 is 14.3 Å². The van der Waals surface area contributed by atoms with Gasteiger partial charge < -0.3 is 10.1 Å². The summed E-state index contributed by atoms with van der Waals surface area (Å²) >= 11 is 0. The lowest BCUT2D eigenvalue weighted by Gasteiger charge is -2.28. The van der Waals surface area contributed by atoms with Crippen LogP contribution in [-0.4, -0.2) is 11.9 Å². The molecule has 1 aliphatic rings. The van der Waals surface area contributed by atoms with Crippen LogP contribution < -0.4 is 5.32 Å². The quantitative estimate of drug-likeness (QED) is 0.800. The third-order valence-corrected chi connectivity index (χ3v) is 4.20. The van der Waals surface area contributed by atoms with Crippen LogP contribution in [0.15, 0.2) is 42.5 Å². The Hall–Kier alpha value is -2.62. The predicted molar refractivity (Wildman–Crippen MR) is 93.1 cm³/mol. The first-order valence-electron chi connectivity index (χ1n) is 8.00. The largest absolute Gasteiger partial charge is 0.453 e. The number of hydrogen-bond acceptors (Lipinski definition) is 3. The maximum absolute atomic E-state index is 12.6. The van der Waals surface area contributed by atoms with E-state index in [2.05, 4.69) is 26.1 Å². The van der Waals surface area contributed by atoms with E-state index in [-0.39, 0.29) is 17.3 Å². The molecular formula is C20H21NO3. The molecule has 1 aliphatic heterocycles. The van der Waals surface area contributed by atoms with E-state index >= 15 is 0 Å². The summed E-state index contributed by atoms with van der Waals surface area (Å²) < 4.78 is 5.68. The van der Waals surface area contributed by atoms with Gasteiger partial charge in [-0.2, -0.15) is 0 Å². The van der Waals surface area contributed by atoms with E-state index in [0.29, 0.717) is 16.8 Å². The van der Waals surface area contributed by atoms with Crippen LogP contribution >= 0.6 is 0 Å². The molecule has 0 fully saturated rings. The zero-order valence-corrected chi connectivity index (χ0v) is 14.3. The van der Waals surface area contributed by atoms with Crippen LogP contribution in [-0.2, 0) is 14.9 Å². The minimum atomic E-state index is -0.608. The molecule has 0 aliphatic carbocycles. The summed E-state index contributed by atoms with van der Waals surface area (Å²) in [7, 11) is 0. The highest BCUT2D eigenvalue weighted by atomic mass is 16.5. The summed E-state index contributed by atoms with van der Waals surface area (Å²) in [6, 6.07) is 13.1. The Bertz CT molecular complexity index is 818. The van der Waals surface area contributed by atoms with Crippen molar-refractivity contribution in [3.05, 3.63) is 64.7 Å². The van der Waals surface area contributed by atoms with Crippen LogP contribution in [0.1, 0.15) is 60.8 Å². The first-order valence-corrected chi connectivity index (χ1v) is 8.00. The second-order valence-corrected chi connectivity index (χ2v) is 7.05. The molecule has 24 heavy (non-hydrogen) atoms. The summed E-state index contributed by atoms with van der Waals surface area (Å²) in [6.45, 7) is 7.70. The van der Waals surface area contributed by atoms with Gasteiger partial charge in [-0.15, -0.1) is 0 Å². The molecule has 1 atom stereocenters. The van der Waals surface area contributed by atoms with Crippen molar-refractivity contribution >= 4 is 17.6 Å². The summed E-state index contributed by atoms with van der Waals surface area (Å²) in [5.41, 5.74) is 3.66. The molecule has 1 N–H and O–H groups in total. The smallest absolute Gasteiger partial charge is 0.303 e. The number of esters is 1. The number of anilines is 1. The van der Waals surface area contributed by atoms with E-state index < -0.39 is 6.10 Å². The molecule has 124 valence electrons. The Kier molecular flexibility index (Phi) is 3.91. The first-order chi connectivity index (χ1) is 11.3. The number of benzene rings is 2. The number of ether oxygens (including phenoxy) is 1. The fourth-order valence-corrected chi connectivity index (χ4v) is 3.18. The summed E-state index contributed by atoms with van der Waals surface area (Å²) in [4.78, 5) is 24.4. The number of rotatable bonds is 1. The summed E-state index contributed by atoms with van der Waals surface area (Å²) in [5, 5.41) is 2.96. The second-order valence-electron chi connectivity index (χ2n) is 7.05. The van der Waals surface area contributed by atoms with Gasteiger partial charge in [-0.3, -0.25) is 9.59 Å². The molecular weight excluding hydrogens is 302 g/mol. The SMILES string of the molecule is CC(=O)OC1c2ccccc2C(=O)Nc2cccc(C(C)(C)C)c21. The number of amides is 1. The van der Waals surface area contributed by atoms with Crippen molar-refractivity contribution in [2.75, 3.05) is 5.32 Å². The van der Waals surface area contributed by atoms with Gasteiger partial charge in [0.15, 0.2) is 6.10 Å². The fourth-order valence-electron chi connectivity index (χ4n) is 3.18. The van der Waals surface area contributed by atoms with Crippen LogP contribution in [0.4, 0.5) is 5.69 Å². The molecule has 0 radical (unpaired) electrons. The predicted octanol–water partition coefficient (Wildman–Crippen LogP) is 4.20. The topological polar surface area (TPSA) is 55.4 Å². The van der Waals surface area contributed by atoms with Gasteiger partial charge >= 0.3 is 5.97 Å². The Labute approximate surface area is 141 Å². The van der Waals surface area contributed by atoms with Crippen LogP contribution in [0.5, 0.6) is 0 Å². The van der Waals surface area contributed by atoms with Gasteiger partial charge in [-0.1, -0.05) is 51.1 Å². The van der Waals surface area contributed by atoms with Crippen molar-refractivity contribution in [1.82, 2.24) is 0 Å². The van der Waals surface area contributed by atoms with Crippen molar-refractivity contribution in [1.29, 1.82) is 0 Å². The maximum atomic E-state index is 12.6. The minimum absolute atomic E-state index is 0.159. The van der Waals surface area contributed by atoms with Gasteiger partial charge in [0, 0.05) is 29.3 Å². The lowest BCUT2D eigenvalue weighted by Crippen LogP contribution is -2.20. The van der Waals surface area contributed by atoms with Gasteiger partial charge in [-0.25, -0.2) is 0 Å². The van der Waals surface area contributed by atoms with Crippen LogP contribution in [0.2, 0.25) is 0 Å². The highest BCUT2D eigenvalue weighted by Crippen LogP contribution is 2.42. The number of fused-ring (bicyclic) bond motifs is 2. The Balaban J connectivity index is 2.33. The van der Waals surface area contributed by atoms with Crippen molar-refractivity contribution in [3.8, 4) is 0 Å². The minimum Gasteiger partial charge on any atom is -0.453 e. The van der Waals surface area contributed by atoms with E-state index in [1.807, 2.05) is 36.4 Å². The fraction of sp³-hybridized carbons (Fsp3) is 0.300. The molecule has 4 nitrogen and oxygen atoms in total. The number of hydrogen-bond donors (Lipinski definition) is 1. The molecule has 1 unspecified atom stereocenters. The van der Waals surface area contributed by atoms with Crippen LogP contribution in [0.3, 0.4) is 0 Å². The number of carbonyl (C=O) groups is 2. The zero-order valence-electron chi connectivity index (χ0n) is 14.3. The average molecular weight is 323 g/mol. The van der Waals surface area contributed by atoms with E-state index in [1.165, 1.54) is 6.92 Å². The van der Waals surface area contributed by atoms with Crippen molar-refractivity contribution in [3.63, 3.8) is 0 Å². The third-order valence-electron chi connectivity index (χ3n) is 4.20. The van der Waals surface area contributed by atoms with Gasteiger partial charge in [0.05, 0.1) is 0 Å². The molecule has 4 heteroatoms. The number of nitrogens with one attached hydrogen (secondary N) is 1. The molecule has 1 heterocycles. The highest BCUT2D eigenvalue weighted by molar-refractivity contribution is 6.07. The van der Waals surface area contributed by atoms with Crippen molar-refractivity contribution in [2.24, 2.45) is 0 Å². The zero-order chi connectivity index (χ0) is 17.5. The molecule has 0 spiro atoms. The Morgan fingerprint density at radius 1 is 1.08 bits per heavy atom.